The Balaban J connectivity index is 1.50. The summed E-state index contributed by atoms with van der Waals surface area (Å²) in [6.45, 7) is 0.201. The van der Waals surface area contributed by atoms with Crippen LogP contribution in [-0.2, 0) is 19.8 Å². The van der Waals surface area contributed by atoms with Gasteiger partial charge in [-0.1, -0.05) is 18.2 Å². The topological polar surface area (TPSA) is 108 Å². The monoisotopic (exact) mass is 493 g/mol. The average molecular weight is 493 g/mol. The molecule has 0 bridgehead atoms. The van der Waals surface area contributed by atoms with Gasteiger partial charge in [0.2, 0.25) is 0 Å². The Morgan fingerprint density at radius 1 is 1.03 bits per heavy atom. The second-order valence-corrected chi connectivity index (χ2v) is 7.82. The zero-order valence-electron chi connectivity index (χ0n) is 18.8. The normalized spacial score (nSPS) is 11.6. The first-order chi connectivity index (χ1) is 17.3. The molecule has 0 aliphatic carbocycles. The van der Waals surface area contributed by atoms with Crippen LogP contribution in [0.1, 0.15) is 21.6 Å². The number of anilines is 1. The summed E-state index contributed by atoms with van der Waals surface area (Å²) in [5.74, 6) is -0.288. The predicted octanol–water partition coefficient (Wildman–Crippen LogP) is 3.58. The molecule has 0 unspecified atom stereocenters. The third-order valence-corrected chi connectivity index (χ3v) is 5.27. The van der Waals surface area contributed by atoms with E-state index >= 15 is 0 Å². The molecular formula is C23H18F3N9O. The Kier molecular flexibility index (Phi) is 5.80. The van der Waals surface area contributed by atoms with Crippen LogP contribution in [0.2, 0.25) is 0 Å². The van der Waals surface area contributed by atoms with Crippen LogP contribution in [0.5, 0.6) is 0 Å². The largest absolute Gasteiger partial charge is 0.417 e. The van der Waals surface area contributed by atoms with Crippen molar-refractivity contribution in [2.24, 2.45) is 7.05 Å². The highest BCUT2D eigenvalue weighted by Crippen LogP contribution is 2.37. The predicted molar refractivity (Wildman–Crippen MR) is 122 cm³/mol. The summed E-state index contributed by atoms with van der Waals surface area (Å²) in [6.07, 6.45) is -1.79. The maximum absolute atomic E-state index is 13.7. The van der Waals surface area contributed by atoms with Gasteiger partial charge in [-0.3, -0.25) is 9.48 Å². The van der Waals surface area contributed by atoms with Crippen LogP contribution < -0.4 is 5.32 Å². The quantitative estimate of drug-likeness (QED) is 0.387. The number of carbonyl (C=O) groups excluding carboxylic acids is 1. The number of hydrogen-bond acceptors (Lipinski definition) is 6. The molecule has 3 heterocycles. The standard InChI is InChI=1S/C23H18F3N9O/c1-33-10-9-20(31-33)18-11-15(7-8-19(18)23(24,25)26)22(36)29-21-12-16(13-34-28-14-27-32-34)30-35(21)17-5-3-2-4-6-17/h2-12,14H,13H2,1H3,(H,29,36). The van der Waals surface area contributed by atoms with Gasteiger partial charge in [0.15, 0.2) is 6.33 Å². The summed E-state index contributed by atoms with van der Waals surface area (Å²) < 4.78 is 43.9. The molecule has 0 aliphatic rings. The van der Waals surface area contributed by atoms with Crippen molar-refractivity contribution in [1.82, 2.24) is 39.8 Å². The SMILES string of the molecule is Cn1ccc(-c2cc(C(=O)Nc3cc(Cn4ncnn4)nn3-c3ccccc3)ccc2C(F)(F)F)n1. The van der Waals surface area contributed by atoms with Gasteiger partial charge >= 0.3 is 6.18 Å². The highest BCUT2D eigenvalue weighted by atomic mass is 19.4. The first-order valence-corrected chi connectivity index (χ1v) is 10.7. The molecule has 0 saturated carbocycles. The number of benzene rings is 2. The van der Waals surface area contributed by atoms with E-state index in [9.17, 15) is 18.0 Å². The molecule has 5 aromatic rings. The van der Waals surface area contributed by atoms with E-state index in [0.29, 0.717) is 17.2 Å². The number of hydrogen-bond donors (Lipinski definition) is 1. The zero-order valence-corrected chi connectivity index (χ0v) is 18.8. The fraction of sp³-hybridized carbons (Fsp3) is 0.130. The number of carbonyl (C=O) groups is 1. The number of amides is 1. The van der Waals surface area contributed by atoms with E-state index in [4.69, 9.17) is 0 Å². The summed E-state index contributed by atoms with van der Waals surface area (Å²) in [5.41, 5.74) is 0.279. The van der Waals surface area contributed by atoms with Crippen LogP contribution >= 0.6 is 0 Å². The number of halogens is 3. The second kappa shape index (κ2) is 9.09. The molecule has 0 atom stereocenters. The van der Waals surface area contributed by atoms with Gasteiger partial charge in [0.1, 0.15) is 12.4 Å². The Bertz CT molecular complexity index is 1510. The molecule has 2 aromatic carbocycles. The fourth-order valence-corrected chi connectivity index (χ4v) is 3.66. The van der Waals surface area contributed by atoms with Crippen molar-refractivity contribution in [1.29, 1.82) is 0 Å². The Morgan fingerprint density at radius 3 is 2.50 bits per heavy atom. The molecule has 0 spiro atoms. The van der Waals surface area contributed by atoms with Crippen molar-refractivity contribution in [3.8, 4) is 16.9 Å². The van der Waals surface area contributed by atoms with Crippen LogP contribution in [-0.4, -0.2) is 45.7 Å². The molecule has 182 valence electrons. The molecule has 1 amide bonds. The van der Waals surface area contributed by atoms with E-state index in [0.717, 1.165) is 12.1 Å². The maximum atomic E-state index is 13.7. The third-order valence-electron chi connectivity index (χ3n) is 5.27. The zero-order chi connectivity index (χ0) is 25.3. The molecular weight excluding hydrogens is 475 g/mol. The lowest BCUT2D eigenvalue weighted by Gasteiger charge is -2.14. The number of alkyl halides is 3. The highest BCUT2D eigenvalue weighted by Gasteiger charge is 2.34. The Labute approximate surface area is 202 Å². The van der Waals surface area contributed by atoms with Gasteiger partial charge in [0.25, 0.3) is 5.91 Å². The van der Waals surface area contributed by atoms with Gasteiger partial charge in [-0.2, -0.15) is 28.2 Å². The molecule has 10 nitrogen and oxygen atoms in total. The lowest BCUT2D eigenvalue weighted by Crippen LogP contribution is -2.16. The molecule has 13 heteroatoms. The van der Waals surface area contributed by atoms with Crippen molar-refractivity contribution >= 4 is 11.7 Å². The summed E-state index contributed by atoms with van der Waals surface area (Å²) in [4.78, 5) is 14.5. The van der Waals surface area contributed by atoms with Crippen molar-refractivity contribution in [2.75, 3.05) is 5.32 Å². The molecule has 36 heavy (non-hydrogen) atoms. The summed E-state index contributed by atoms with van der Waals surface area (Å²) >= 11 is 0. The second-order valence-electron chi connectivity index (χ2n) is 7.82. The first kappa shape index (κ1) is 23.0. The van der Waals surface area contributed by atoms with E-state index < -0.39 is 17.6 Å². The number of nitrogens with zero attached hydrogens (tertiary/aromatic N) is 8. The Hall–Kier alpha value is -4.81. The van der Waals surface area contributed by atoms with Gasteiger partial charge in [0, 0.05) is 30.4 Å². The summed E-state index contributed by atoms with van der Waals surface area (Å²) in [5, 5.41) is 22.8. The lowest BCUT2D eigenvalue weighted by molar-refractivity contribution is -0.137. The van der Waals surface area contributed by atoms with E-state index in [1.165, 1.54) is 38.8 Å². The third kappa shape index (κ3) is 4.71. The van der Waals surface area contributed by atoms with Gasteiger partial charge < -0.3 is 5.32 Å². The van der Waals surface area contributed by atoms with E-state index in [1.807, 2.05) is 18.2 Å². The minimum atomic E-state index is -4.61. The van der Waals surface area contributed by atoms with Gasteiger partial charge in [-0.25, -0.2) is 4.68 Å². The van der Waals surface area contributed by atoms with Crippen LogP contribution in [0.25, 0.3) is 16.9 Å². The van der Waals surface area contributed by atoms with E-state index in [1.54, 1.807) is 25.2 Å². The van der Waals surface area contributed by atoms with Crippen molar-refractivity contribution in [3.63, 3.8) is 0 Å². The minimum Gasteiger partial charge on any atom is -0.306 e. The van der Waals surface area contributed by atoms with Crippen molar-refractivity contribution < 1.29 is 18.0 Å². The number of nitrogens with one attached hydrogen (secondary N) is 1. The lowest BCUT2D eigenvalue weighted by atomic mass is 10.0. The fourth-order valence-electron chi connectivity index (χ4n) is 3.66. The smallest absolute Gasteiger partial charge is 0.306 e. The molecule has 5 rings (SSSR count). The van der Waals surface area contributed by atoms with Gasteiger partial charge in [-0.05, 0) is 41.6 Å². The molecule has 3 aromatic heterocycles. The first-order valence-electron chi connectivity index (χ1n) is 10.7. The summed E-state index contributed by atoms with van der Waals surface area (Å²) in [7, 11) is 1.60. The van der Waals surface area contributed by atoms with Crippen molar-refractivity contribution in [2.45, 2.75) is 12.7 Å². The van der Waals surface area contributed by atoms with Crippen LogP contribution in [0.4, 0.5) is 19.0 Å². The van der Waals surface area contributed by atoms with E-state index in [2.05, 4.69) is 30.9 Å². The molecule has 1 N–H and O–H groups in total. The van der Waals surface area contributed by atoms with Crippen molar-refractivity contribution in [3.05, 3.63) is 90.0 Å². The number of para-hydroxylation sites is 1. The minimum absolute atomic E-state index is 0.0314. The summed E-state index contributed by atoms with van der Waals surface area (Å²) in [6, 6.07) is 15.4. The van der Waals surface area contributed by atoms with Crippen LogP contribution in [0.3, 0.4) is 0 Å². The number of aromatic nitrogens is 8. The molecule has 0 aliphatic heterocycles. The van der Waals surface area contributed by atoms with Gasteiger partial charge in [-0.15, -0.1) is 10.2 Å². The van der Waals surface area contributed by atoms with Crippen LogP contribution in [0.15, 0.2) is 73.2 Å². The number of aryl methyl sites for hydroxylation is 1. The highest BCUT2D eigenvalue weighted by molar-refractivity contribution is 6.04. The van der Waals surface area contributed by atoms with E-state index in [-0.39, 0.29) is 23.4 Å². The van der Waals surface area contributed by atoms with Gasteiger partial charge in [0.05, 0.1) is 22.6 Å². The van der Waals surface area contributed by atoms with Crippen LogP contribution in [0, 0.1) is 0 Å². The average Bonchev–Trinajstić information content (AvgIpc) is 3.61. The Morgan fingerprint density at radius 2 is 1.83 bits per heavy atom. The number of tetrazole rings is 1. The molecule has 0 radical (unpaired) electrons. The molecule has 0 fully saturated rings. The maximum Gasteiger partial charge on any atom is 0.417 e. The number of rotatable bonds is 6. The molecule has 0 saturated heterocycles.